The van der Waals surface area contributed by atoms with Gasteiger partial charge in [0.15, 0.2) is 0 Å². The van der Waals surface area contributed by atoms with Gasteiger partial charge >= 0.3 is 0 Å². The smallest absolute Gasteiger partial charge is 0.225 e. The van der Waals surface area contributed by atoms with Crippen LogP contribution in [0.15, 0.2) is 16.9 Å². The van der Waals surface area contributed by atoms with Crippen LogP contribution in [0, 0.1) is 5.92 Å². The van der Waals surface area contributed by atoms with Gasteiger partial charge in [0.2, 0.25) is 5.95 Å². The average Bonchev–Trinajstić information content (AvgIpc) is 2.30. The molecule has 0 N–H and O–H groups in total. The monoisotopic (exact) mass is 283 g/mol. The summed E-state index contributed by atoms with van der Waals surface area (Å²) in [6.07, 6.45) is 8.91. The molecule has 4 heteroatoms. The Bertz CT molecular complexity index is 339. The number of halogens is 1. The second-order valence-electron chi connectivity index (χ2n) is 4.64. The van der Waals surface area contributed by atoms with Gasteiger partial charge in [0.1, 0.15) is 0 Å². The predicted octanol–water partition coefficient (Wildman–Crippen LogP) is 3.25. The van der Waals surface area contributed by atoms with Crippen molar-refractivity contribution in [2.45, 2.75) is 38.6 Å². The molecule has 0 radical (unpaired) electrons. The van der Waals surface area contributed by atoms with E-state index in [0.717, 1.165) is 16.3 Å². The van der Waals surface area contributed by atoms with Crippen LogP contribution in [0.3, 0.4) is 0 Å². The topological polar surface area (TPSA) is 29.0 Å². The Morgan fingerprint density at radius 1 is 1.25 bits per heavy atom. The molecule has 1 aromatic rings. The summed E-state index contributed by atoms with van der Waals surface area (Å²) in [7, 11) is 2.11. The molecule has 1 aliphatic carbocycles. The summed E-state index contributed by atoms with van der Waals surface area (Å²) in [4.78, 5) is 10.9. The van der Waals surface area contributed by atoms with E-state index in [-0.39, 0.29) is 0 Å². The van der Waals surface area contributed by atoms with Crippen molar-refractivity contribution in [3.8, 4) is 0 Å². The Morgan fingerprint density at radius 2 is 1.88 bits per heavy atom. The van der Waals surface area contributed by atoms with E-state index < -0.39 is 0 Å². The molecule has 1 aromatic heterocycles. The minimum absolute atomic E-state index is 0.593. The number of rotatable bonds is 2. The number of aromatic nitrogens is 2. The molecule has 0 aliphatic heterocycles. The van der Waals surface area contributed by atoms with Gasteiger partial charge in [-0.1, -0.05) is 19.8 Å². The van der Waals surface area contributed by atoms with Crippen molar-refractivity contribution in [2.75, 3.05) is 11.9 Å². The van der Waals surface area contributed by atoms with Crippen molar-refractivity contribution in [3.05, 3.63) is 16.9 Å². The molecule has 0 spiro atoms. The second kappa shape index (κ2) is 5.13. The van der Waals surface area contributed by atoms with Gasteiger partial charge in [-0.25, -0.2) is 9.97 Å². The molecule has 0 saturated heterocycles. The van der Waals surface area contributed by atoms with Gasteiger partial charge in [0.05, 0.1) is 4.47 Å². The minimum Gasteiger partial charge on any atom is -0.341 e. The zero-order valence-corrected chi connectivity index (χ0v) is 11.4. The summed E-state index contributed by atoms with van der Waals surface area (Å²) in [6, 6.07) is 0.593. The third kappa shape index (κ3) is 2.54. The summed E-state index contributed by atoms with van der Waals surface area (Å²) in [6.45, 7) is 2.33. The molecule has 16 heavy (non-hydrogen) atoms. The molecular weight excluding hydrogens is 266 g/mol. The normalized spacial score (nSPS) is 25.4. The third-order valence-corrected chi connectivity index (χ3v) is 3.90. The number of nitrogens with zero attached hydrogens (tertiary/aromatic N) is 3. The standard InChI is InChI=1S/C12H18BrN3/c1-9-5-3-4-6-11(9)16(2)12-14-7-10(13)8-15-12/h7-9,11H,3-6H2,1-2H3. The maximum Gasteiger partial charge on any atom is 0.225 e. The molecular formula is C12H18BrN3. The highest BCUT2D eigenvalue weighted by Crippen LogP contribution is 2.29. The van der Waals surface area contributed by atoms with Crippen molar-refractivity contribution < 1.29 is 0 Å². The highest BCUT2D eigenvalue weighted by molar-refractivity contribution is 9.10. The van der Waals surface area contributed by atoms with Crippen LogP contribution in [0.1, 0.15) is 32.6 Å². The molecule has 1 saturated carbocycles. The van der Waals surface area contributed by atoms with Crippen LogP contribution in [0.25, 0.3) is 0 Å². The lowest BCUT2D eigenvalue weighted by Crippen LogP contribution is -2.39. The first-order valence-electron chi connectivity index (χ1n) is 5.89. The summed E-state index contributed by atoms with van der Waals surface area (Å²) >= 11 is 3.36. The largest absolute Gasteiger partial charge is 0.341 e. The molecule has 1 aliphatic rings. The van der Waals surface area contributed by atoms with E-state index in [9.17, 15) is 0 Å². The molecule has 0 amide bonds. The Morgan fingerprint density at radius 3 is 2.50 bits per heavy atom. The number of hydrogen-bond donors (Lipinski definition) is 0. The molecule has 0 aromatic carbocycles. The highest BCUT2D eigenvalue weighted by Gasteiger charge is 2.26. The summed E-state index contributed by atoms with van der Waals surface area (Å²) in [5, 5.41) is 0. The van der Waals surface area contributed by atoms with Gasteiger partial charge in [-0.15, -0.1) is 0 Å². The first-order chi connectivity index (χ1) is 7.68. The van der Waals surface area contributed by atoms with Crippen LogP contribution >= 0.6 is 15.9 Å². The van der Waals surface area contributed by atoms with E-state index in [1.165, 1.54) is 25.7 Å². The second-order valence-corrected chi connectivity index (χ2v) is 5.56. The van der Waals surface area contributed by atoms with E-state index in [2.05, 4.69) is 44.8 Å². The Hall–Kier alpha value is -0.640. The molecule has 3 nitrogen and oxygen atoms in total. The molecule has 1 fully saturated rings. The highest BCUT2D eigenvalue weighted by atomic mass is 79.9. The maximum absolute atomic E-state index is 4.36. The van der Waals surface area contributed by atoms with Crippen molar-refractivity contribution in [2.24, 2.45) is 5.92 Å². The summed E-state index contributed by atoms with van der Waals surface area (Å²) < 4.78 is 0.932. The average molecular weight is 284 g/mol. The van der Waals surface area contributed by atoms with E-state index in [1.54, 1.807) is 0 Å². The fourth-order valence-corrected chi connectivity index (χ4v) is 2.71. The molecule has 2 atom stereocenters. The van der Waals surface area contributed by atoms with Crippen LogP contribution in [0.5, 0.6) is 0 Å². The Balaban J connectivity index is 2.11. The predicted molar refractivity (Wildman–Crippen MR) is 69.6 cm³/mol. The van der Waals surface area contributed by atoms with Crippen LogP contribution in [-0.2, 0) is 0 Å². The fourth-order valence-electron chi connectivity index (χ4n) is 2.51. The lowest BCUT2D eigenvalue weighted by atomic mass is 9.85. The molecule has 2 unspecified atom stereocenters. The van der Waals surface area contributed by atoms with Gasteiger partial charge < -0.3 is 4.90 Å². The number of anilines is 1. The van der Waals surface area contributed by atoms with Crippen molar-refractivity contribution >= 4 is 21.9 Å². The van der Waals surface area contributed by atoms with Gasteiger partial charge in [-0.05, 0) is 34.7 Å². The van der Waals surface area contributed by atoms with Crippen molar-refractivity contribution in [1.82, 2.24) is 9.97 Å². The zero-order valence-electron chi connectivity index (χ0n) is 9.86. The summed E-state index contributed by atoms with van der Waals surface area (Å²) in [5.74, 6) is 1.58. The SMILES string of the molecule is CC1CCCCC1N(C)c1ncc(Br)cn1. The Labute approximate surface area is 105 Å². The van der Waals surface area contributed by atoms with E-state index in [1.807, 2.05) is 12.4 Å². The minimum atomic E-state index is 0.593. The number of hydrogen-bond acceptors (Lipinski definition) is 3. The van der Waals surface area contributed by atoms with Crippen LogP contribution in [0.2, 0.25) is 0 Å². The first-order valence-corrected chi connectivity index (χ1v) is 6.68. The van der Waals surface area contributed by atoms with Crippen molar-refractivity contribution in [1.29, 1.82) is 0 Å². The molecule has 2 rings (SSSR count). The molecule has 1 heterocycles. The van der Waals surface area contributed by atoms with Gasteiger partial charge in [0, 0.05) is 25.5 Å². The van der Waals surface area contributed by atoms with Crippen LogP contribution < -0.4 is 4.90 Å². The third-order valence-electron chi connectivity index (χ3n) is 3.49. The van der Waals surface area contributed by atoms with Crippen LogP contribution in [0.4, 0.5) is 5.95 Å². The zero-order chi connectivity index (χ0) is 11.5. The van der Waals surface area contributed by atoms with E-state index >= 15 is 0 Å². The van der Waals surface area contributed by atoms with Crippen LogP contribution in [-0.4, -0.2) is 23.1 Å². The lowest BCUT2D eigenvalue weighted by Gasteiger charge is -2.36. The van der Waals surface area contributed by atoms with Gasteiger partial charge in [0.25, 0.3) is 0 Å². The van der Waals surface area contributed by atoms with E-state index in [0.29, 0.717) is 6.04 Å². The van der Waals surface area contributed by atoms with Crippen molar-refractivity contribution in [3.63, 3.8) is 0 Å². The Kier molecular flexibility index (Phi) is 3.79. The molecule has 88 valence electrons. The first kappa shape index (κ1) is 11.8. The van der Waals surface area contributed by atoms with E-state index in [4.69, 9.17) is 0 Å². The van der Waals surface area contributed by atoms with Gasteiger partial charge in [-0.3, -0.25) is 0 Å². The quantitative estimate of drug-likeness (QED) is 0.834. The molecule has 0 bridgehead atoms. The van der Waals surface area contributed by atoms with Gasteiger partial charge in [-0.2, -0.15) is 0 Å². The lowest BCUT2D eigenvalue weighted by molar-refractivity contribution is 0.319. The fraction of sp³-hybridized carbons (Fsp3) is 0.667. The maximum atomic E-state index is 4.36. The summed E-state index contributed by atoms with van der Waals surface area (Å²) in [5.41, 5.74) is 0.